The normalized spacial score (nSPS) is 11.9. The van der Waals surface area contributed by atoms with Gasteiger partial charge in [0, 0.05) is 23.1 Å². The molecule has 0 radical (unpaired) electrons. The molecular formula is C12H16ClFO2. The Hall–Kier alpha value is -0.640. The first-order chi connectivity index (χ1) is 7.42. The van der Waals surface area contributed by atoms with Crippen LogP contribution in [-0.4, -0.2) is 18.8 Å². The fraction of sp³-hybridized carbons (Fsp3) is 0.500. The summed E-state index contributed by atoms with van der Waals surface area (Å²) < 4.78 is 18.6. The second-order valence-electron chi connectivity index (χ2n) is 4.39. The molecule has 0 saturated carbocycles. The van der Waals surface area contributed by atoms with Crippen LogP contribution in [0.1, 0.15) is 25.0 Å². The van der Waals surface area contributed by atoms with Crippen molar-refractivity contribution in [2.75, 3.05) is 13.7 Å². The zero-order chi connectivity index (χ0) is 12.3. The van der Waals surface area contributed by atoms with Gasteiger partial charge in [-0.15, -0.1) is 0 Å². The van der Waals surface area contributed by atoms with Crippen molar-refractivity contribution in [1.82, 2.24) is 0 Å². The van der Waals surface area contributed by atoms with E-state index in [0.29, 0.717) is 16.1 Å². The van der Waals surface area contributed by atoms with Gasteiger partial charge in [0.2, 0.25) is 0 Å². The van der Waals surface area contributed by atoms with E-state index in [1.807, 2.05) is 13.8 Å². The van der Waals surface area contributed by atoms with E-state index in [-0.39, 0.29) is 13.2 Å². The Morgan fingerprint density at radius 2 is 2.06 bits per heavy atom. The van der Waals surface area contributed by atoms with Gasteiger partial charge in [0.1, 0.15) is 5.82 Å². The Balaban J connectivity index is 3.19. The van der Waals surface area contributed by atoms with E-state index in [2.05, 4.69) is 0 Å². The number of hydrogen-bond acceptors (Lipinski definition) is 2. The van der Waals surface area contributed by atoms with Crippen LogP contribution in [0.25, 0.3) is 0 Å². The molecule has 1 rings (SSSR count). The lowest BCUT2D eigenvalue weighted by atomic mass is 9.85. The van der Waals surface area contributed by atoms with Crippen molar-refractivity contribution < 1.29 is 14.2 Å². The molecule has 0 saturated heterocycles. The Bertz CT molecular complexity index is 354. The number of halogens is 2. The van der Waals surface area contributed by atoms with Crippen LogP contribution in [0.5, 0.6) is 0 Å². The number of rotatable bonds is 4. The van der Waals surface area contributed by atoms with Gasteiger partial charge in [-0.05, 0) is 17.7 Å². The maximum atomic E-state index is 13.7. The van der Waals surface area contributed by atoms with Crippen LogP contribution in [0.2, 0.25) is 5.02 Å². The number of hydrogen-bond donors (Lipinski definition) is 1. The van der Waals surface area contributed by atoms with Gasteiger partial charge in [-0.1, -0.05) is 25.4 Å². The van der Waals surface area contributed by atoms with Gasteiger partial charge in [0.05, 0.1) is 13.2 Å². The average Bonchev–Trinajstić information content (AvgIpc) is 2.23. The van der Waals surface area contributed by atoms with Crippen LogP contribution in [0.4, 0.5) is 4.39 Å². The minimum absolute atomic E-state index is 0.0631. The van der Waals surface area contributed by atoms with Crippen LogP contribution in [-0.2, 0) is 16.8 Å². The van der Waals surface area contributed by atoms with Crippen molar-refractivity contribution in [1.29, 1.82) is 0 Å². The lowest BCUT2D eigenvalue weighted by Gasteiger charge is -2.23. The first-order valence-electron chi connectivity index (χ1n) is 5.00. The van der Waals surface area contributed by atoms with E-state index in [9.17, 15) is 9.50 Å². The third-order valence-electron chi connectivity index (χ3n) is 2.61. The number of methoxy groups -OCH3 is 1. The molecule has 16 heavy (non-hydrogen) atoms. The monoisotopic (exact) mass is 246 g/mol. The Kier molecular flexibility index (Phi) is 4.30. The van der Waals surface area contributed by atoms with Crippen LogP contribution < -0.4 is 0 Å². The SMILES string of the molecule is COCc1c(F)cc(C(C)(C)CO)cc1Cl. The Morgan fingerprint density at radius 3 is 2.50 bits per heavy atom. The van der Waals surface area contributed by atoms with E-state index in [4.69, 9.17) is 16.3 Å². The van der Waals surface area contributed by atoms with Crippen molar-refractivity contribution in [2.24, 2.45) is 0 Å². The zero-order valence-electron chi connectivity index (χ0n) is 9.68. The molecule has 0 aromatic heterocycles. The molecule has 0 fully saturated rings. The molecule has 90 valence electrons. The third kappa shape index (κ3) is 2.73. The molecule has 0 aliphatic heterocycles. The van der Waals surface area contributed by atoms with Gasteiger partial charge in [-0.3, -0.25) is 0 Å². The summed E-state index contributed by atoms with van der Waals surface area (Å²) in [7, 11) is 1.49. The predicted molar refractivity (Wildman–Crippen MR) is 62.2 cm³/mol. The molecule has 2 nitrogen and oxygen atoms in total. The minimum atomic E-state index is -0.504. The molecule has 0 aliphatic carbocycles. The van der Waals surface area contributed by atoms with Gasteiger partial charge in [-0.25, -0.2) is 4.39 Å². The predicted octanol–water partition coefficient (Wildman–Crippen LogP) is 2.90. The average molecular weight is 247 g/mol. The van der Waals surface area contributed by atoms with Crippen LogP contribution >= 0.6 is 11.6 Å². The fourth-order valence-electron chi connectivity index (χ4n) is 1.37. The molecule has 1 aromatic carbocycles. The quantitative estimate of drug-likeness (QED) is 0.885. The smallest absolute Gasteiger partial charge is 0.130 e. The topological polar surface area (TPSA) is 29.5 Å². The molecule has 1 N–H and O–H groups in total. The highest BCUT2D eigenvalue weighted by Crippen LogP contribution is 2.29. The largest absolute Gasteiger partial charge is 0.395 e. The summed E-state index contributed by atoms with van der Waals surface area (Å²) in [6.45, 7) is 3.74. The van der Waals surface area contributed by atoms with Gasteiger partial charge < -0.3 is 9.84 Å². The molecule has 0 aliphatic rings. The third-order valence-corrected chi connectivity index (χ3v) is 2.94. The Morgan fingerprint density at radius 1 is 1.44 bits per heavy atom. The zero-order valence-corrected chi connectivity index (χ0v) is 10.4. The highest BCUT2D eigenvalue weighted by molar-refractivity contribution is 6.31. The Labute approximate surface area is 100.0 Å². The van der Waals surface area contributed by atoms with E-state index in [1.54, 1.807) is 6.07 Å². The fourth-order valence-corrected chi connectivity index (χ4v) is 1.63. The summed E-state index contributed by atoms with van der Waals surface area (Å²) in [5.74, 6) is -0.397. The van der Waals surface area contributed by atoms with Crippen molar-refractivity contribution in [3.05, 3.63) is 34.1 Å². The van der Waals surface area contributed by atoms with Crippen molar-refractivity contribution >= 4 is 11.6 Å². The van der Waals surface area contributed by atoms with Crippen LogP contribution in [0.15, 0.2) is 12.1 Å². The first kappa shape index (κ1) is 13.4. The highest BCUT2D eigenvalue weighted by Gasteiger charge is 2.22. The van der Waals surface area contributed by atoms with Crippen molar-refractivity contribution in [2.45, 2.75) is 25.9 Å². The van der Waals surface area contributed by atoms with Crippen LogP contribution in [0, 0.1) is 5.82 Å². The van der Waals surface area contributed by atoms with E-state index in [0.717, 1.165) is 0 Å². The number of aliphatic hydroxyl groups is 1. The molecule has 0 amide bonds. The van der Waals surface area contributed by atoms with Gasteiger partial charge in [-0.2, -0.15) is 0 Å². The standard InChI is InChI=1S/C12H16ClFO2/c1-12(2,7-15)8-4-10(13)9(6-16-3)11(14)5-8/h4-5,15H,6-7H2,1-3H3. The molecule has 4 heteroatoms. The maximum absolute atomic E-state index is 13.7. The molecule has 1 aromatic rings. The lowest BCUT2D eigenvalue weighted by molar-refractivity contribution is 0.181. The van der Waals surface area contributed by atoms with Crippen molar-refractivity contribution in [3.63, 3.8) is 0 Å². The van der Waals surface area contributed by atoms with Gasteiger partial charge in [0.15, 0.2) is 0 Å². The second-order valence-corrected chi connectivity index (χ2v) is 4.80. The summed E-state index contributed by atoms with van der Waals surface area (Å²) in [5.41, 5.74) is 0.523. The summed E-state index contributed by atoms with van der Waals surface area (Å²) >= 11 is 5.97. The highest BCUT2D eigenvalue weighted by atomic mass is 35.5. The van der Waals surface area contributed by atoms with E-state index < -0.39 is 11.2 Å². The molecule has 0 bridgehead atoms. The molecule has 0 spiro atoms. The maximum Gasteiger partial charge on any atom is 0.130 e. The summed E-state index contributed by atoms with van der Waals surface area (Å²) in [6.07, 6.45) is 0. The number of aliphatic hydroxyl groups excluding tert-OH is 1. The first-order valence-corrected chi connectivity index (χ1v) is 5.38. The second kappa shape index (κ2) is 5.13. The molecule has 0 atom stereocenters. The van der Waals surface area contributed by atoms with E-state index in [1.165, 1.54) is 13.2 Å². The van der Waals surface area contributed by atoms with Crippen molar-refractivity contribution in [3.8, 4) is 0 Å². The number of benzene rings is 1. The lowest BCUT2D eigenvalue weighted by Crippen LogP contribution is -2.22. The van der Waals surface area contributed by atoms with E-state index >= 15 is 0 Å². The molecule has 0 heterocycles. The van der Waals surface area contributed by atoms with Crippen LogP contribution in [0.3, 0.4) is 0 Å². The molecule has 0 unspecified atom stereocenters. The number of ether oxygens (including phenoxy) is 1. The van der Waals surface area contributed by atoms with Gasteiger partial charge >= 0.3 is 0 Å². The summed E-state index contributed by atoms with van der Waals surface area (Å²) in [4.78, 5) is 0. The summed E-state index contributed by atoms with van der Waals surface area (Å²) in [6, 6.07) is 3.08. The summed E-state index contributed by atoms with van der Waals surface area (Å²) in [5, 5.41) is 9.54. The minimum Gasteiger partial charge on any atom is -0.395 e. The molecular weight excluding hydrogens is 231 g/mol. The van der Waals surface area contributed by atoms with Gasteiger partial charge in [0.25, 0.3) is 0 Å².